The normalized spacial score (nSPS) is 13.0. The average Bonchev–Trinajstić information content (AvgIpc) is 3.30. The molecule has 2 heterocycles. The van der Waals surface area contributed by atoms with Crippen molar-refractivity contribution in [2.75, 3.05) is 11.9 Å². The zero-order valence-electron chi connectivity index (χ0n) is 22.6. The maximum atomic E-state index is 4.63. The van der Waals surface area contributed by atoms with E-state index < -0.39 is 0 Å². The van der Waals surface area contributed by atoms with Gasteiger partial charge < -0.3 is 9.88 Å². The Morgan fingerprint density at radius 1 is 0.811 bits per heavy atom. The lowest BCUT2D eigenvalue weighted by atomic mass is 10.1. The number of anilines is 1. The third-order valence-electron chi connectivity index (χ3n) is 5.56. The zero-order valence-corrected chi connectivity index (χ0v) is 22.6. The summed E-state index contributed by atoms with van der Waals surface area (Å²) >= 11 is 0. The lowest BCUT2D eigenvalue weighted by molar-refractivity contribution is 0.591. The van der Waals surface area contributed by atoms with Gasteiger partial charge >= 0.3 is 0 Å². The number of nitrogens with one attached hydrogen (secondary N) is 1. The molecule has 0 amide bonds. The highest BCUT2D eigenvalue weighted by molar-refractivity contribution is 5.70. The molecule has 1 N–H and O–H groups in total. The summed E-state index contributed by atoms with van der Waals surface area (Å²) in [5.74, 6) is 0.809. The number of aromatic nitrogens is 4. The van der Waals surface area contributed by atoms with Crippen molar-refractivity contribution in [3.63, 3.8) is 0 Å². The number of fused-ring (bicyclic) bond motifs is 1. The third kappa shape index (κ3) is 14.2. The van der Waals surface area contributed by atoms with Gasteiger partial charge in [0.25, 0.3) is 0 Å². The fraction of sp³-hybridized carbons (Fsp3) is 0.406. The van der Waals surface area contributed by atoms with Crippen LogP contribution in [0.4, 0.5) is 5.95 Å². The Morgan fingerprint density at radius 2 is 1.38 bits per heavy atom. The molecule has 0 bridgehead atoms. The summed E-state index contributed by atoms with van der Waals surface area (Å²) in [5.41, 5.74) is 1.67. The van der Waals surface area contributed by atoms with Crippen molar-refractivity contribution >= 4 is 17.1 Å². The van der Waals surface area contributed by atoms with E-state index in [1.165, 1.54) is 0 Å². The largest absolute Gasteiger partial charge is 0.354 e. The highest BCUT2D eigenvalue weighted by atomic mass is 15.2. The summed E-state index contributed by atoms with van der Waals surface area (Å²) in [4.78, 5) is 13.4. The first-order valence-corrected chi connectivity index (χ1v) is 13.7. The van der Waals surface area contributed by atoms with E-state index in [0.29, 0.717) is 5.95 Å². The Hall–Kier alpha value is -3.21. The first-order valence-electron chi connectivity index (χ1n) is 13.7. The quantitative estimate of drug-likeness (QED) is 0.156. The van der Waals surface area contributed by atoms with Crippen molar-refractivity contribution in [3.05, 3.63) is 99.3 Å². The number of imidazole rings is 1. The molecule has 0 saturated heterocycles. The Labute approximate surface area is 224 Å². The van der Waals surface area contributed by atoms with E-state index in [-0.39, 0.29) is 5.92 Å². The third-order valence-corrected chi connectivity index (χ3v) is 5.56. The Bertz CT molecular complexity index is 1040. The first-order chi connectivity index (χ1) is 18.2. The van der Waals surface area contributed by atoms with Crippen LogP contribution < -0.4 is 5.32 Å². The van der Waals surface area contributed by atoms with Crippen LogP contribution in [-0.2, 0) is 6.54 Å². The van der Waals surface area contributed by atoms with Crippen LogP contribution in [0.15, 0.2) is 85.4 Å². The number of hydrogen-bond donors (Lipinski definition) is 1. The molecule has 2 aromatic heterocycles. The van der Waals surface area contributed by atoms with Gasteiger partial charge in [-0.1, -0.05) is 93.7 Å². The molecule has 2 radical (unpaired) electrons. The van der Waals surface area contributed by atoms with E-state index in [0.717, 1.165) is 82.0 Å². The summed E-state index contributed by atoms with van der Waals surface area (Å²) in [6, 6.07) is 0. The molecule has 37 heavy (non-hydrogen) atoms. The Balaban J connectivity index is 1.50. The molecule has 0 spiro atoms. The Kier molecular flexibility index (Phi) is 16.2. The maximum Gasteiger partial charge on any atom is 0.224 e. The van der Waals surface area contributed by atoms with Gasteiger partial charge in [-0.15, -0.1) is 0 Å². The van der Waals surface area contributed by atoms with E-state index in [2.05, 4.69) is 114 Å². The van der Waals surface area contributed by atoms with E-state index in [1.807, 2.05) is 10.9 Å². The fourth-order valence-electron chi connectivity index (χ4n) is 3.49. The predicted octanol–water partition coefficient (Wildman–Crippen LogP) is 8.39. The SMILES string of the molecule is [CH2]C([CH2])CCn1cnc2cnc(NCCC/C=C\C/C=C\C/C=C\C/C=C\C/C=C\C/C=C\CC)nc21. The molecule has 0 unspecified atom stereocenters. The van der Waals surface area contributed by atoms with Crippen molar-refractivity contribution in [3.8, 4) is 0 Å². The highest BCUT2D eigenvalue weighted by Gasteiger charge is 2.07. The summed E-state index contributed by atoms with van der Waals surface area (Å²) in [6.45, 7) is 11.7. The van der Waals surface area contributed by atoms with Crippen molar-refractivity contribution in [2.45, 2.75) is 71.3 Å². The number of aryl methyl sites for hydroxylation is 1. The second-order valence-electron chi connectivity index (χ2n) is 8.98. The number of nitrogens with zero attached hydrogens (tertiary/aromatic N) is 4. The van der Waals surface area contributed by atoms with Gasteiger partial charge in [0.1, 0.15) is 5.52 Å². The molecule has 2 rings (SSSR count). The van der Waals surface area contributed by atoms with Crippen LogP contribution in [0.2, 0.25) is 0 Å². The molecular formula is C32H45N5. The molecule has 5 heteroatoms. The summed E-state index contributed by atoms with van der Waals surface area (Å²) in [6.07, 6.45) is 39.4. The summed E-state index contributed by atoms with van der Waals surface area (Å²) in [7, 11) is 0. The van der Waals surface area contributed by atoms with Crippen molar-refractivity contribution in [2.24, 2.45) is 5.92 Å². The van der Waals surface area contributed by atoms with E-state index in [4.69, 9.17) is 0 Å². The van der Waals surface area contributed by atoms with Gasteiger partial charge in [-0.2, -0.15) is 4.98 Å². The second-order valence-corrected chi connectivity index (χ2v) is 8.98. The summed E-state index contributed by atoms with van der Waals surface area (Å²) < 4.78 is 2.04. The van der Waals surface area contributed by atoms with E-state index >= 15 is 0 Å². The molecular weight excluding hydrogens is 454 g/mol. The molecule has 0 fully saturated rings. The van der Waals surface area contributed by atoms with Crippen LogP contribution in [-0.4, -0.2) is 26.1 Å². The maximum absolute atomic E-state index is 4.63. The molecule has 5 nitrogen and oxygen atoms in total. The average molecular weight is 500 g/mol. The topological polar surface area (TPSA) is 55.6 Å². The van der Waals surface area contributed by atoms with Crippen LogP contribution >= 0.6 is 0 Å². The second kappa shape index (κ2) is 19.9. The van der Waals surface area contributed by atoms with Crippen LogP contribution in [0, 0.1) is 19.8 Å². The molecule has 2 aromatic rings. The van der Waals surface area contributed by atoms with Gasteiger partial charge in [-0.3, -0.25) is 0 Å². The zero-order chi connectivity index (χ0) is 26.4. The highest BCUT2D eigenvalue weighted by Crippen LogP contribution is 2.13. The van der Waals surface area contributed by atoms with Gasteiger partial charge in [0.05, 0.1) is 12.5 Å². The molecule has 198 valence electrons. The number of hydrogen-bond acceptors (Lipinski definition) is 4. The predicted molar refractivity (Wildman–Crippen MR) is 160 cm³/mol. The minimum absolute atomic E-state index is 0.158. The van der Waals surface area contributed by atoms with E-state index in [1.54, 1.807) is 6.20 Å². The smallest absolute Gasteiger partial charge is 0.224 e. The van der Waals surface area contributed by atoms with Gasteiger partial charge in [0.15, 0.2) is 5.65 Å². The number of unbranched alkanes of at least 4 members (excludes halogenated alkanes) is 1. The number of rotatable bonds is 19. The Morgan fingerprint density at radius 3 is 1.95 bits per heavy atom. The van der Waals surface area contributed by atoms with Crippen LogP contribution in [0.3, 0.4) is 0 Å². The minimum Gasteiger partial charge on any atom is -0.354 e. The van der Waals surface area contributed by atoms with Gasteiger partial charge in [-0.05, 0) is 63.7 Å². The molecule has 0 aliphatic heterocycles. The first kappa shape index (κ1) is 30.0. The molecule has 0 aliphatic carbocycles. The van der Waals surface area contributed by atoms with Crippen LogP contribution in [0.25, 0.3) is 11.2 Å². The van der Waals surface area contributed by atoms with Gasteiger partial charge in [-0.25, -0.2) is 9.97 Å². The van der Waals surface area contributed by atoms with Gasteiger partial charge in [0.2, 0.25) is 5.95 Å². The van der Waals surface area contributed by atoms with Gasteiger partial charge in [0, 0.05) is 13.1 Å². The standard InChI is InChI=1S/C32H45N5/c1-4-5-6-7-8-9-10-11-12-13-14-15-16-17-18-19-20-21-22-23-25-33-32-34-27-30-31(36-32)37(28-35-30)26-24-29(2)3/h5-6,8-9,11-12,14-15,17-18,20-21,27-29H,2-4,7,10,13,16,19,22-26H2,1H3,(H,33,34,36)/b6-5-,9-8-,12-11-,15-14-,18-17-,21-20-. The monoisotopic (exact) mass is 499 g/mol. The lowest BCUT2D eigenvalue weighted by Crippen LogP contribution is -2.07. The molecule has 0 aliphatic rings. The van der Waals surface area contributed by atoms with E-state index in [9.17, 15) is 0 Å². The fourth-order valence-corrected chi connectivity index (χ4v) is 3.49. The van der Waals surface area contributed by atoms with Crippen molar-refractivity contribution in [1.82, 2.24) is 19.5 Å². The molecule has 0 aromatic carbocycles. The lowest BCUT2D eigenvalue weighted by Gasteiger charge is -2.07. The van der Waals surface area contributed by atoms with Crippen molar-refractivity contribution in [1.29, 1.82) is 0 Å². The van der Waals surface area contributed by atoms with Crippen LogP contribution in [0.5, 0.6) is 0 Å². The number of allylic oxidation sites excluding steroid dienone is 12. The summed E-state index contributed by atoms with van der Waals surface area (Å²) in [5, 5.41) is 3.32. The molecule has 0 saturated carbocycles. The molecule has 0 atom stereocenters. The minimum atomic E-state index is 0.158. The van der Waals surface area contributed by atoms with Crippen molar-refractivity contribution < 1.29 is 0 Å². The van der Waals surface area contributed by atoms with Crippen LogP contribution in [0.1, 0.15) is 64.7 Å².